The minimum Gasteiger partial charge on any atom is -0.326 e. The van der Waals surface area contributed by atoms with Crippen molar-refractivity contribution in [3.63, 3.8) is 0 Å². The van der Waals surface area contributed by atoms with E-state index < -0.39 is 0 Å². The predicted molar refractivity (Wildman–Crippen MR) is 60.9 cm³/mol. The first-order chi connectivity index (χ1) is 7.75. The summed E-state index contributed by atoms with van der Waals surface area (Å²) in [6.07, 6.45) is 4.47. The zero-order valence-electron chi connectivity index (χ0n) is 9.76. The van der Waals surface area contributed by atoms with Gasteiger partial charge in [0.15, 0.2) is 0 Å². The summed E-state index contributed by atoms with van der Waals surface area (Å²) in [5.74, 6) is 2.25. The summed E-state index contributed by atoms with van der Waals surface area (Å²) in [5, 5.41) is 8.68. The second-order valence-electron chi connectivity index (χ2n) is 5.02. The Morgan fingerprint density at radius 1 is 1.31 bits per heavy atom. The minimum absolute atomic E-state index is 0.272. The number of aryl methyl sites for hydroxylation is 1. The van der Waals surface area contributed by atoms with Gasteiger partial charge in [-0.1, -0.05) is 0 Å². The van der Waals surface area contributed by atoms with Crippen LogP contribution in [0.5, 0.6) is 0 Å². The van der Waals surface area contributed by atoms with E-state index in [1.165, 1.54) is 19.4 Å². The molecule has 0 radical (unpaired) electrons. The molecule has 2 aliphatic heterocycles. The molecule has 2 unspecified atom stereocenters. The molecule has 0 saturated carbocycles. The molecule has 3 heterocycles. The first kappa shape index (κ1) is 10.2. The van der Waals surface area contributed by atoms with Crippen molar-refractivity contribution in [1.29, 1.82) is 0 Å². The van der Waals surface area contributed by atoms with Crippen LogP contribution in [-0.2, 0) is 13.0 Å². The summed E-state index contributed by atoms with van der Waals surface area (Å²) in [6.45, 7) is 2.06. The fraction of sp³-hybridized carbons (Fsp3) is 0.818. The summed E-state index contributed by atoms with van der Waals surface area (Å²) in [7, 11) is 2.17. The monoisotopic (exact) mass is 221 g/mol. The summed E-state index contributed by atoms with van der Waals surface area (Å²) in [6, 6.07) is 0.723. The highest BCUT2D eigenvalue weighted by atomic mass is 15.3. The van der Waals surface area contributed by atoms with Gasteiger partial charge in [-0.25, -0.2) is 0 Å². The summed E-state index contributed by atoms with van der Waals surface area (Å²) < 4.78 is 2.25. The smallest absolute Gasteiger partial charge is 0.150 e. The van der Waals surface area contributed by atoms with E-state index in [9.17, 15) is 0 Å². The molecule has 0 amide bonds. The van der Waals surface area contributed by atoms with E-state index in [0.717, 1.165) is 31.0 Å². The normalized spacial score (nSPS) is 30.6. The van der Waals surface area contributed by atoms with Crippen molar-refractivity contribution in [2.45, 2.75) is 44.3 Å². The molecule has 3 rings (SSSR count). The van der Waals surface area contributed by atoms with Crippen molar-refractivity contribution < 1.29 is 0 Å². The molecule has 5 heteroatoms. The number of rotatable bonds is 1. The maximum atomic E-state index is 6.02. The molecule has 0 aromatic carbocycles. The molecule has 0 aliphatic carbocycles. The van der Waals surface area contributed by atoms with Crippen LogP contribution < -0.4 is 5.73 Å². The van der Waals surface area contributed by atoms with Gasteiger partial charge in [-0.15, -0.1) is 10.2 Å². The summed E-state index contributed by atoms with van der Waals surface area (Å²) in [4.78, 5) is 2.37. The van der Waals surface area contributed by atoms with Gasteiger partial charge in [0.05, 0.1) is 6.04 Å². The van der Waals surface area contributed by atoms with Gasteiger partial charge in [0.25, 0.3) is 0 Å². The van der Waals surface area contributed by atoms with E-state index in [-0.39, 0.29) is 6.04 Å². The lowest BCUT2D eigenvalue weighted by molar-refractivity contribution is 0.291. The lowest BCUT2D eigenvalue weighted by atomic mass is 10.1. The van der Waals surface area contributed by atoms with E-state index >= 15 is 0 Å². The number of likely N-dealkylation sites (tertiary alicyclic amines) is 1. The molecule has 2 atom stereocenters. The van der Waals surface area contributed by atoms with E-state index in [0.29, 0.717) is 6.04 Å². The van der Waals surface area contributed by atoms with Crippen molar-refractivity contribution in [1.82, 2.24) is 19.7 Å². The Morgan fingerprint density at radius 3 is 2.94 bits per heavy atom. The molecule has 88 valence electrons. The van der Waals surface area contributed by atoms with E-state index in [4.69, 9.17) is 5.73 Å². The van der Waals surface area contributed by atoms with Gasteiger partial charge in [0.2, 0.25) is 0 Å². The van der Waals surface area contributed by atoms with E-state index in [2.05, 4.69) is 26.7 Å². The van der Waals surface area contributed by atoms with Crippen LogP contribution >= 0.6 is 0 Å². The Bertz CT molecular complexity index is 386. The topological polar surface area (TPSA) is 60.0 Å². The molecule has 0 spiro atoms. The Balaban J connectivity index is 1.93. The van der Waals surface area contributed by atoms with Gasteiger partial charge in [-0.2, -0.15) is 0 Å². The highest BCUT2D eigenvalue weighted by molar-refractivity contribution is 5.06. The molecule has 1 saturated heterocycles. The SMILES string of the molecule is CN1CCCC1c1nnc2n1CC(N)CC2. The number of hydrogen-bond acceptors (Lipinski definition) is 4. The molecule has 0 bridgehead atoms. The van der Waals surface area contributed by atoms with Crippen LogP contribution in [-0.4, -0.2) is 39.3 Å². The second kappa shape index (κ2) is 3.82. The third kappa shape index (κ3) is 1.55. The fourth-order valence-electron chi connectivity index (χ4n) is 2.86. The van der Waals surface area contributed by atoms with Gasteiger partial charge in [-0.05, 0) is 32.9 Å². The molecule has 5 nitrogen and oxygen atoms in total. The Labute approximate surface area is 95.6 Å². The van der Waals surface area contributed by atoms with Crippen LogP contribution in [0.2, 0.25) is 0 Å². The summed E-state index contributed by atoms with van der Waals surface area (Å²) >= 11 is 0. The second-order valence-corrected chi connectivity index (χ2v) is 5.02. The largest absolute Gasteiger partial charge is 0.326 e. The lowest BCUT2D eigenvalue weighted by Gasteiger charge is -2.24. The fourth-order valence-corrected chi connectivity index (χ4v) is 2.86. The number of aromatic nitrogens is 3. The minimum atomic E-state index is 0.272. The maximum Gasteiger partial charge on any atom is 0.150 e. The third-order valence-electron chi connectivity index (χ3n) is 3.83. The van der Waals surface area contributed by atoms with Gasteiger partial charge in [-0.3, -0.25) is 4.90 Å². The van der Waals surface area contributed by atoms with E-state index in [1.807, 2.05) is 0 Å². The molecule has 2 aliphatic rings. The van der Waals surface area contributed by atoms with Crippen LogP contribution in [0, 0.1) is 0 Å². The Morgan fingerprint density at radius 2 is 2.19 bits per heavy atom. The van der Waals surface area contributed by atoms with Gasteiger partial charge >= 0.3 is 0 Å². The van der Waals surface area contributed by atoms with Crippen molar-refractivity contribution in [3.8, 4) is 0 Å². The average Bonchev–Trinajstić information content (AvgIpc) is 2.83. The first-order valence-corrected chi connectivity index (χ1v) is 6.13. The number of nitrogens with two attached hydrogens (primary N) is 1. The molecular weight excluding hydrogens is 202 g/mol. The van der Waals surface area contributed by atoms with Crippen LogP contribution in [0.15, 0.2) is 0 Å². The van der Waals surface area contributed by atoms with Gasteiger partial charge in [0, 0.05) is 19.0 Å². The average molecular weight is 221 g/mol. The summed E-state index contributed by atoms with van der Waals surface area (Å²) in [5.41, 5.74) is 6.02. The molecular formula is C11H19N5. The molecule has 2 N–H and O–H groups in total. The quantitative estimate of drug-likeness (QED) is 0.742. The van der Waals surface area contributed by atoms with Crippen molar-refractivity contribution in [2.75, 3.05) is 13.6 Å². The van der Waals surface area contributed by atoms with Gasteiger partial charge < -0.3 is 10.3 Å². The molecule has 1 aromatic heterocycles. The number of fused-ring (bicyclic) bond motifs is 1. The number of hydrogen-bond donors (Lipinski definition) is 1. The zero-order chi connectivity index (χ0) is 11.1. The third-order valence-corrected chi connectivity index (χ3v) is 3.83. The standard InChI is InChI=1S/C11H19N5/c1-15-6-2-3-9(15)11-14-13-10-5-4-8(12)7-16(10)11/h8-9H,2-7,12H2,1H3. The maximum absolute atomic E-state index is 6.02. The van der Waals surface area contributed by atoms with Crippen LogP contribution in [0.25, 0.3) is 0 Å². The van der Waals surface area contributed by atoms with E-state index in [1.54, 1.807) is 0 Å². The molecule has 1 aromatic rings. The molecule has 1 fully saturated rings. The predicted octanol–water partition coefficient (Wildman–Crippen LogP) is 0.318. The molecule has 16 heavy (non-hydrogen) atoms. The lowest BCUT2D eigenvalue weighted by Crippen LogP contribution is -2.34. The Kier molecular flexibility index (Phi) is 2.44. The van der Waals surface area contributed by atoms with Crippen LogP contribution in [0.3, 0.4) is 0 Å². The van der Waals surface area contributed by atoms with Crippen molar-refractivity contribution >= 4 is 0 Å². The van der Waals surface area contributed by atoms with Crippen molar-refractivity contribution in [3.05, 3.63) is 11.6 Å². The van der Waals surface area contributed by atoms with Gasteiger partial charge in [0.1, 0.15) is 11.6 Å². The first-order valence-electron chi connectivity index (χ1n) is 6.13. The highest BCUT2D eigenvalue weighted by Crippen LogP contribution is 2.30. The van der Waals surface area contributed by atoms with Crippen LogP contribution in [0.4, 0.5) is 0 Å². The zero-order valence-corrected chi connectivity index (χ0v) is 9.76. The van der Waals surface area contributed by atoms with Crippen molar-refractivity contribution in [2.24, 2.45) is 5.73 Å². The van der Waals surface area contributed by atoms with Crippen LogP contribution in [0.1, 0.15) is 37.0 Å². The highest BCUT2D eigenvalue weighted by Gasteiger charge is 2.30. The Hall–Kier alpha value is -0.940. The number of nitrogens with zero attached hydrogens (tertiary/aromatic N) is 4.